The Balaban J connectivity index is 1.71. The summed E-state index contributed by atoms with van der Waals surface area (Å²) >= 11 is 0. The van der Waals surface area contributed by atoms with Gasteiger partial charge in [0, 0.05) is 0 Å². The van der Waals surface area contributed by atoms with Crippen molar-refractivity contribution in [3.05, 3.63) is 89.0 Å². The highest BCUT2D eigenvalue weighted by atomic mass is 32.2. The van der Waals surface area contributed by atoms with Crippen molar-refractivity contribution in [2.45, 2.75) is 32.6 Å². The molecule has 0 heterocycles. The Bertz CT molecular complexity index is 1220. The number of rotatable bonds is 9. The highest BCUT2D eigenvalue weighted by Gasteiger charge is 2.28. The molecule has 0 fully saturated rings. The number of nitrogens with one attached hydrogen (secondary N) is 1. The minimum atomic E-state index is -3.93. The van der Waals surface area contributed by atoms with E-state index in [1.54, 1.807) is 36.4 Å². The lowest BCUT2D eigenvalue weighted by Gasteiger charge is -2.25. The molecule has 0 radical (unpaired) electrons. The van der Waals surface area contributed by atoms with Crippen LogP contribution in [0.1, 0.15) is 22.3 Å². The zero-order valence-corrected chi connectivity index (χ0v) is 20.3. The summed E-state index contributed by atoms with van der Waals surface area (Å²) in [6, 6.07) is 19.5. The SMILES string of the molecule is Cc1ccc(S(=O)(=O)N(CC(=O)NCCOc2ccc(C)c(C)c2)c2ccccc2C)cc1. The first kappa shape index (κ1) is 24.3. The topological polar surface area (TPSA) is 75.7 Å². The van der Waals surface area contributed by atoms with Gasteiger partial charge in [-0.15, -0.1) is 0 Å². The van der Waals surface area contributed by atoms with E-state index in [9.17, 15) is 13.2 Å². The van der Waals surface area contributed by atoms with Crippen LogP contribution in [0.25, 0.3) is 0 Å². The van der Waals surface area contributed by atoms with E-state index in [-0.39, 0.29) is 24.6 Å². The van der Waals surface area contributed by atoms with Crippen molar-refractivity contribution in [2.75, 3.05) is 24.0 Å². The van der Waals surface area contributed by atoms with Crippen LogP contribution in [0.2, 0.25) is 0 Å². The van der Waals surface area contributed by atoms with E-state index in [2.05, 4.69) is 5.32 Å². The summed E-state index contributed by atoms with van der Waals surface area (Å²) in [7, 11) is -3.93. The molecule has 0 atom stereocenters. The normalized spacial score (nSPS) is 11.2. The average molecular weight is 467 g/mol. The van der Waals surface area contributed by atoms with Crippen molar-refractivity contribution in [1.29, 1.82) is 0 Å². The summed E-state index contributed by atoms with van der Waals surface area (Å²) in [6.45, 7) is 7.97. The molecule has 0 saturated heterocycles. The van der Waals surface area contributed by atoms with Crippen LogP contribution in [0.4, 0.5) is 5.69 Å². The number of benzene rings is 3. The standard InChI is InChI=1S/C26H30N2O4S/c1-19-9-13-24(14-10-19)33(30,31)28(25-8-6-5-7-21(25)3)18-26(29)27-15-16-32-23-12-11-20(2)22(4)17-23/h5-14,17H,15-16,18H2,1-4H3,(H,27,29). The fourth-order valence-corrected chi connectivity index (χ4v) is 4.82. The molecule has 3 rings (SSSR count). The van der Waals surface area contributed by atoms with Crippen LogP contribution in [0.3, 0.4) is 0 Å². The molecule has 33 heavy (non-hydrogen) atoms. The van der Waals surface area contributed by atoms with E-state index in [0.29, 0.717) is 5.69 Å². The van der Waals surface area contributed by atoms with E-state index >= 15 is 0 Å². The average Bonchev–Trinajstić information content (AvgIpc) is 2.78. The number of carbonyl (C=O) groups excluding carboxylic acids is 1. The molecule has 0 bridgehead atoms. The van der Waals surface area contributed by atoms with Gasteiger partial charge in [-0.25, -0.2) is 8.42 Å². The molecule has 0 spiro atoms. The number of hydrogen-bond donors (Lipinski definition) is 1. The van der Waals surface area contributed by atoms with Crippen molar-refractivity contribution in [3.63, 3.8) is 0 Å². The maximum absolute atomic E-state index is 13.4. The zero-order valence-electron chi connectivity index (χ0n) is 19.5. The minimum Gasteiger partial charge on any atom is -0.492 e. The number of amides is 1. The summed E-state index contributed by atoms with van der Waals surface area (Å²) in [5, 5.41) is 2.76. The second kappa shape index (κ2) is 10.5. The van der Waals surface area contributed by atoms with E-state index < -0.39 is 15.9 Å². The summed E-state index contributed by atoms with van der Waals surface area (Å²) in [5.41, 5.74) is 4.50. The van der Waals surface area contributed by atoms with Gasteiger partial charge in [0.1, 0.15) is 18.9 Å². The quantitative estimate of drug-likeness (QED) is 0.477. The van der Waals surface area contributed by atoms with Gasteiger partial charge in [-0.05, 0) is 74.7 Å². The number of para-hydroxylation sites is 1. The molecule has 7 heteroatoms. The number of aryl methyl sites for hydroxylation is 4. The molecule has 3 aromatic rings. The van der Waals surface area contributed by atoms with Crippen LogP contribution in [0.15, 0.2) is 71.6 Å². The van der Waals surface area contributed by atoms with Crippen LogP contribution < -0.4 is 14.4 Å². The first-order valence-electron chi connectivity index (χ1n) is 10.8. The molecule has 0 aliphatic carbocycles. The molecule has 0 saturated carbocycles. The number of ether oxygens (including phenoxy) is 1. The first-order valence-corrected chi connectivity index (χ1v) is 12.2. The monoisotopic (exact) mass is 466 g/mol. The fourth-order valence-electron chi connectivity index (χ4n) is 3.33. The van der Waals surface area contributed by atoms with Gasteiger partial charge in [0.15, 0.2) is 0 Å². The fraction of sp³-hybridized carbons (Fsp3) is 0.269. The third-order valence-electron chi connectivity index (χ3n) is 5.45. The Morgan fingerprint density at radius 2 is 1.58 bits per heavy atom. The summed E-state index contributed by atoms with van der Waals surface area (Å²) in [5.74, 6) is 0.327. The van der Waals surface area contributed by atoms with Crippen LogP contribution in [-0.4, -0.2) is 34.0 Å². The maximum atomic E-state index is 13.4. The first-order chi connectivity index (χ1) is 15.7. The van der Waals surface area contributed by atoms with Gasteiger partial charge >= 0.3 is 0 Å². The van der Waals surface area contributed by atoms with Gasteiger partial charge < -0.3 is 10.1 Å². The zero-order chi connectivity index (χ0) is 24.0. The summed E-state index contributed by atoms with van der Waals surface area (Å²) in [6.07, 6.45) is 0. The van der Waals surface area contributed by atoms with Gasteiger partial charge in [-0.1, -0.05) is 42.0 Å². The molecule has 6 nitrogen and oxygen atoms in total. The molecular weight excluding hydrogens is 436 g/mol. The smallest absolute Gasteiger partial charge is 0.264 e. The Labute approximate surface area is 196 Å². The van der Waals surface area contributed by atoms with Gasteiger partial charge in [0.25, 0.3) is 10.0 Å². The van der Waals surface area contributed by atoms with Crippen LogP contribution in [-0.2, 0) is 14.8 Å². The molecule has 3 aromatic carbocycles. The number of hydrogen-bond acceptors (Lipinski definition) is 4. The molecule has 0 aliphatic rings. The lowest BCUT2D eigenvalue weighted by atomic mass is 10.1. The van der Waals surface area contributed by atoms with E-state index in [1.807, 2.05) is 58.0 Å². The molecule has 174 valence electrons. The Morgan fingerprint density at radius 3 is 2.24 bits per heavy atom. The predicted octanol–water partition coefficient (Wildman–Crippen LogP) is 4.31. The van der Waals surface area contributed by atoms with E-state index in [1.165, 1.54) is 5.56 Å². The molecule has 0 aromatic heterocycles. The van der Waals surface area contributed by atoms with Crippen LogP contribution in [0.5, 0.6) is 5.75 Å². The second-order valence-corrected chi connectivity index (χ2v) is 9.92. The Kier molecular flexibility index (Phi) is 7.76. The highest BCUT2D eigenvalue weighted by molar-refractivity contribution is 7.92. The molecular formula is C26H30N2O4S. The van der Waals surface area contributed by atoms with Gasteiger partial charge in [0.2, 0.25) is 5.91 Å². The highest BCUT2D eigenvalue weighted by Crippen LogP contribution is 2.26. The molecule has 0 unspecified atom stereocenters. The van der Waals surface area contributed by atoms with Crippen molar-refractivity contribution in [1.82, 2.24) is 5.32 Å². The number of nitrogens with zero attached hydrogens (tertiary/aromatic N) is 1. The lowest BCUT2D eigenvalue weighted by Crippen LogP contribution is -2.42. The number of sulfonamides is 1. The molecule has 1 amide bonds. The van der Waals surface area contributed by atoms with Crippen LogP contribution in [0, 0.1) is 27.7 Å². The molecule has 1 N–H and O–H groups in total. The maximum Gasteiger partial charge on any atom is 0.264 e. The van der Waals surface area contributed by atoms with Crippen molar-refractivity contribution in [2.24, 2.45) is 0 Å². The third-order valence-corrected chi connectivity index (χ3v) is 7.23. The predicted molar refractivity (Wildman–Crippen MR) is 131 cm³/mol. The summed E-state index contributed by atoms with van der Waals surface area (Å²) < 4.78 is 33.7. The van der Waals surface area contributed by atoms with Crippen LogP contribution >= 0.6 is 0 Å². The summed E-state index contributed by atoms with van der Waals surface area (Å²) in [4.78, 5) is 12.8. The van der Waals surface area contributed by atoms with Gasteiger partial charge in [-0.2, -0.15) is 0 Å². The largest absolute Gasteiger partial charge is 0.492 e. The van der Waals surface area contributed by atoms with E-state index in [4.69, 9.17) is 4.74 Å². The Hall–Kier alpha value is -3.32. The Morgan fingerprint density at radius 1 is 0.879 bits per heavy atom. The van der Waals surface area contributed by atoms with Gasteiger partial charge in [-0.3, -0.25) is 9.10 Å². The number of carbonyl (C=O) groups is 1. The molecule has 0 aliphatic heterocycles. The van der Waals surface area contributed by atoms with Crippen molar-refractivity contribution >= 4 is 21.6 Å². The number of anilines is 1. The lowest BCUT2D eigenvalue weighted by molar-refractivity contribution is -0.119. The van der Waals surface area contributed by atoms with Gasteiger partial charge in [0.05, 0.1) is 17.1 Å². The minimum absolute atomic E-state index is 0.141. The van der Waals surface area contributed by atoms with E-state index in [0.717, 1.165) is 26.7 Å². The van der Waals surface area contributed by atoms with Crippen molar-refractivity contribution in [3.8, 4) is 5.75 Å². The third kappa shape index (κ3) is 6.14. The second-order valence-electron chi connectivity index (χ2n) is 8.06. The van der Waals surface area contributed by atoms with Crippen molar-refractivity contribution < 1.29 is 17.9 Å².